The number of alkyl halides is 3. The number of anilines is 1. The Bertz CT molecular complexity index is 1340. The summed E-state index contributed by atoms with van der Waals surface area (Å²) in [4.78, 5) is 15.1. The number of nitrogens with zero attached hydrogens (tertiary/aromatic N) is 1. The Morgan fingerprint density at radius 3 is 2.14 bits per heavy atom. The Labute approximate surface area is 215 Å². The van der Waals surface area contributed by atoms with Crippen LogP contribution in [0.15, 0.2) is 77.7 Å². The van der Waals surface area contributed by atoms with Crippen molar-refractivity contribution in [3.8, 4) is 0 Å². The van der Waals surface area contributed by atoms with Crippen LogP contribution in [0.25, 0.3) is 0 Å². The molecule has 1 heterocycles. The summed E-state index contributed by atoms with van der Waals surface area (Å²) in [5, 5.41) is 2.85. The van der Waals surface area contributed by atoms with Crippen LogP contribution in [-0.4, -0.2) is 33.2 Å². The van der Waals surface area contributed by atoms with Gasteiger partial charge in [-0.25, -0.2) is 8.42 Å². The summed E-state index contributed by atoms with van der Waals surface area (Å²) >= 11 is 0. The van der Waals surface area contributed by atoms with E-state index < -0.39 is 21.6 Å². The monoisotopic (exact) mass is 530 g/mol. The van der Waals surface area contributed by atoms with Crippen molar-refractivity contribution in [2.75, 3.05) is 23.7 Å². The van der Waals surface area contributed by atoms with E-state index >= 15 is 0 Å². The topological polar surface area (TPSA) is 66.5 Å². The molecule has 3 aromatic rings. The first-order chi connectivity index (χ1) is 17.5. The Hall–Kier alpha value is -3.33. The molecule has 0 bridgehead atoms. The summed E-state index contributed by atoms with van der Waals surface area (Å²) < 4.78 is 62.5. The largest absolute Gasteiger partial charge is 0.416 e. The predicted molar refractivity (Wildman–Crippen MR) is 137 cm³/mol. The first-order valence-electron chi connectivity index (χ1n) is 12.1. The van der Waals surface area contributed by atoms with Gasteiger partial charge in [0.2, 0.25) is 0 Å². The molecule has 4 rings (SSSR count). The lowest BCUT2D eigenvalue weighted by Gasteiger charge is -2.19. The van der Waals surface area contributed by atoms with Gasteiger partial charge in [-0.05, 0) is 65.6 Å². The highest BCUT2D eigenvalue weighted by atomic mass is 32.2. The number of sulfone groups is 1. The lowest BCUT2D eigenvalue weighted by molar-refractivity contribution is -0.137. The van der Waals surface area contributed by atoms with Gasteiger partial charge in [0.05, 0.1) is 16.2 Å². The summed E-state index contributed by atoms with van der Waals surface area (Å²) in [6.45, 7) is 5.40. The number of benzene rings is 3. The van der Waals surface area contributed by atoms with Crippen LogP contribution in [0.1, 0.15) is 46.8 Å². The van der Waals surface area contributed by atoms with Gasteiger partial charge in [0.15, 0.2) is 9.84 Å². The number of carbonyl (C=O) groups is 1. The highest BCUT2D eigenvalue weighted by molar-refractivity contribution is 7.91. The molecule has 1 fully saturated rings. The highest BCUT2D eigenvalue weighted by Crippen LogP contribution is 2.37. The minimum Gasteiger partial charge on any atom is -0.371 e. The van der Waals surface area contributed by atoms with Crippen molar-refractivity contribution >= 4 is 21.4 Å². The van der Waals surface area contributed by atoms with E-state index in [0.29, 0.717) is 12.1 Å². The quantitative estimate of drug-likeness (QED) is 0.428. The van der Waals surface area contributed by atoms with Gasteiger partial charge in [-0.2, -0.15) is 13.2 Å². The zero-order valence-corrected chi connectivity index (χ0v) is 21.4. The number of rotatable bonds is 7. The SMILES string of the molecule is CCS(=O)(=O)c1ccc(CNC(=O)c2ccc(N3CC(C)C(c4ccc(C(F)(F)F)cc4)C3)cc2)cc1. The fourth-order valence-electron chi connectivity index (χ4n) is 4.62. The van der Waals surface area contributed by atoms with Crippen LogP contribution in [-0.2, 0) is 22.6 Å². The van der Waals surface area contributed by atoms with E-state index in [9.17, 15) is 26.4 Å². The standard InChI is InChI=1S/C28H29F3N2O3S/c1-3-37(35,36)25-14-4-20(5-15-25)16-32-27(34)22-8-12-24(13-9-22)33-17-19(2)26(18-33)21-6-10-23(11-7-21)28(29,30)31/h4-15,19,26H,3,16-18H2,1-2H3,(H,32,34). The summed E-state index contributed by atoms with van der Waals surface area (Å²) in [6.07, 6.45) is -4.34. The normalized spacial score (nSPS) is 18.1. The van der Waals surface area contributed by atoms with Crippen molar-refractivity contribution in [2.24, 2.45) is 5.92 Å². The average Bonchev–Trinajstić information content (AvgIpc) is 3.28. The van der Waals surface area contributed by atoms with Crippen molar-refractivity contribution in [2.45, 2.75) is 37.4 Å². The second-order valence-corrected chi connectivity index (χ2v) is 11.7. The first-order valence-corrected chi connectivity index (χ1v) is 13.7. The smallest absolute Gasteiger partial charge is 0.371 e. The van der Waals surface area contributed by atoms with Crippen LogP contribution in [0.4, 0.5) is 18.9 Å². The van der Waals surface area contributed by atoms with Crippen molar-refractivity contribution in [1.82, 2.24) is 5.32 Å². The fourth-order valence-corrected chi connectivity index (χ4v) is 5.50. The molecule has 1 aliphatic heterocycles. The molecule has 3 aromatic carbocycles. The van der Waals surface area contributed by atoms with Crippen LogP contribution in [0.3, 0.4) is 0 Å². The maximum atomic E-state index is 12.9. The number of hydrogen-bond donors (Lipinski definition) is 1. The fraction of sp³-hybridized carbons (Fsp3) is 0.321. The molecule has 1 amide bonds. The van der Waals surface area contributed by atoms with E-state index in [4.69, 9.17) is 0 Å². The maximum Gasteiger partial charge on any atom is 0.416 e. The molecule has 0 saturated carbocycles. The van der Waals surface area contributed by atoms with E-state index in [2.05, 4.69) is 17.1 Å². The van der Waals surface area contributed by atoms with Crippen molar-refractivity contribution in [3.05, 3.63) is 95.1 Å². The van der Waals surface area contributed by atoms with Gasteiger partial charge in [-0.1, -0.05) is 38.1 Å². The van der Waals surface area contributed by atoms with E-state index in [1.54, 1.807) is 55.5 Å². The van der Waals surface area contributed by atoms with E-state index in [-0.39, 0.29) is 34.9 Å². The number of nitrogens with one attached hydrogen (secondary N) is 1. The molecule has 2 unspecified atom stereocenters. The van der Waals surface area contributed by atoms with Gasteiger partial charge in [0.25, 0.3) is 5.91 Å². The maximum absolute atomic E-state index is 12.9. The molecule has 1 aliphatic rings. The molecule has 0 aliphatic carbocycles. The number of halogens is 3. The molecular weight excluding hydrogens is 501 g/mol. The summed E-state index contributed by atoms with van der Waals surface area (Å²) in [5.74, 6) is 0.169. The Balaban J connectivity index is 1.35. The number of hydrogen-bond acceptors (Lipinski definition) is 4. The second-order valence-electron chi connectivity index (χ2n) is 9.39. The van der Waals surface area contributed by atoms with E-state index in [0.717, 1.165) is 35.5 Å². The molecule has 0 radical (unpaired) electrons. The molecule has 196 valence electrons. The average molecular weight is 531 g/mol. The van der Waals surface area contributed by atoms with Gasteiger partial charge in [-0.15, -0.1) is 0 Å². The number of carbonyl (C=O) groups excluding carboxylic acids is 1. The molecule has 0 aromatic heterocycles. The lowest BCUT2D eigenvalue weighted by atomic mass is 9.90. The summed E-state index contributed by atoms with van der Waals surface area (Å²) in [7, 11) is -3.26. The van der Waals surface area contributed by atoms with Crippen molar-refractivity contribution in [3.63, 3.8) is 0 Å². The highest BCUT2D eigenvalue weighted by Gasteiger charge is 2.33. The minimum atomic E-state index is -4.34. The molecule has 37 heavy (non-hydrogen) atoms. The van der Waals surface area contributed by atoms with Crippen LogP contribution in [0.5, 0.6) is 0 Å². The van der Waals surface area contributed by atoms with Gasteiger partial charge >= 0.3 is 6.18 Å². The Morgan fingerprint density at radius 1 is 0.946 bits per heavy atom. The van der Waals surface area contributed by atoms with E-state index in [1.807, 2.05) is 12.1 Å². The van der Waals surface area contributed by atoms with Gasteiger partial charge in [0, 0.05) is 36.8 Å². The van der Waals surface area contributed by atoms with Crippen LogP contribution < -0.4 is 10.2 Å². The summed E-state index contributed by atoms with van der Waals surface area (Å²) in [6, 6.07) is 19.1. The Kier molecular flexibility index (Phi) is 7.64. The second kappa shape index (κ2) is 10.6. The van der Waals surface area contributed by atoms with Gasteiger partial charge in [-0.3, -0.25) is 4.79 Å². The third-order valence-corrected chi connectivity index (χ3v) is 8.64. The third-order valence-electron chi connectivity index (χ3n) is 6.89. The molecule has 1 N–H and O–H groups in total. The molecule has 1 saturated heterocycles. The predicted octanol–water partition coefficient (Wildman–Crippen LogP) is 5.67. The van der Waals surface area contributed by atoms with Gasteiger partial charge < -0.3 is 10.2 Å². The van der Waals surface area contributed by atoms with Crippen LogP contribution in [0, 0.1) is 5.92 Å². The Morgan fingerprint density at radius 2 is 1.57 bits per heavy atom. The zero-order chi connectivity index (χ0) is 26.8. The molecule has 0 spiro atoms. The van der Waals surface area contributed by atoms with Crippen LogP contribution in [0.2, 0.25) is 0 Å². The molecule has 2 atom stereocenters. The minimum absolute atomic E-state index is 0.0329. The van der Waals surface area contributed by atoms with E-state index in [1.165, 1.54) is 0 Å². The molecular formula is C28H29F3N2O3S. The van der Waals surface area contributed by atoms with Crippen LogP contribution >= 0.6 is 0 Å². The molecule has 5 nitrogen and oxygen atoms in total. The first kappa shape index (κ1) is 26.7. The lowest BCUT2D eigenvalue weighted by Crippen LogP contribution is -2.23. The molecule has 9 heteroatoms. The van der Waals surface area contributed by atoms with Crippen molar-refractivity contribution in [1.29, 1.82) is 0 Å². The third kappa shape index (κ3) is 6.15. The zero-order valence-electron chi connectivity index (χ0n) is 20.6. The van der Waals surface area contributed by atoms with Gasteiger partial charge in [0.1, 0.15) is 0 Å². The summed E-state index contributed by atoms with van der Waals surface area (Å²) in [5.41, 5.74) is 2.49. The van der Waals surface area contributed by atoms with Crippen molar-refractivity contribution < 1.29 is 26.4 Å². The number of amides is 1.